The van der Waals surface area contributed by atoms with Crippen LogP contribution >= 0.6 is 0 Å². The van der Waals surface area contributed by atoms with Gasteiger partial charge < -0.3 is 0 Å². The van der Waals surface area contributed by atoms with Gasteiger partial charge in [0.25, 0.3) is 0 Å². The first-order valence-electron chi connectivity index (χ1n) is 7.05. The van der Waals surface area contributed by atoms with E-state index in [0.29, 0.717) is 0 Å². The molecule has 1 heterocycles. The molecule has 94 valence electrons. The van der Waals surface area contributed by atoms with Gasteiger partial charge in [0.2, 0.25) is 0 Å². The number of hydrogen-bond donors (Lipinski definition) is 0. The third-order valence-corrected chi connectivity index (χ3v) is 4.42. The molecule has 2 aliphatic rings. The van der Waals surface area contributed by atoms with Crippen LogP contribution in [-0.4, -0.2) is 0 Å². The zero-order valence-corrected chi connectivity index (χ0v) is 11.0. The van der Waals surface area contributed by atoms with Gasteiger partial charge >= 0.3 is 11.5 Å². The standard InChI is InChI=1S/C19H13O/c1-3-7-16-12(5-1)9-14-11-15-10-13-6-2-4-8-17(13)19(15)20-18(14)16/h1-8,11H,9-10H2/q+1. The fourth-order valence-electron chi connectivity index (χ4n) is 3.50. The lowest BCUT2D eigenvalue weighted by Crippen LogP contribution is -1.86. The van der Waals surface area contributed by atoms with Crippen LogP contribution in [-0.2, 0) is 12.8 Å². The fourth-order valence-corrected chi connectivity index (χ4v) is 3.50. The summed E-state index contributed by atoms with van der Waals surface area (Å²) >= 11 is 0. The Bertz CT molecular complexity index is 793. The van der Waals surface area contributed by atoms with E-state index in [1.165, 1.54) is 33.4 Å². The molecule has 1 heteroatoms. The summed E-state index contributed by atoms with van der Waals surface area (Å²) in [7, 11) is 0. The van der Waals surface area contributed by atoms with E-state index in [4.69, 9.17) is 4.42 Å². The van der Waals surface area contributed by atoms with Crippen LogP contribution in [0.1, 0.15) is 22.3 Å². The average molecular weight is 257 g/mol. The van der Waals surface area contributed by atoms with E-state index in [1.54, 1.807) is 0 Å². The lowest BCUT2D eigenvalue weighted by molar-refractivity contribution is 0.578. The van der Waals surface area contributed by atoms with Crippen LogP contribution in [0.2, 0.25) is 0 Å². The SMILES string of the molecule is c1ccc2c(c1)Cc1cc3c([o+]c1-2)-c1ccccc1C3. The highest BCUT2D eigenvalue weighted by atomic mass is 16.3. The first kappa shape index (κ1) is 10.4. The third kappa shape index (κ3) is 1.25. The minimum atomic E-state index is 0.999. The Morgan fingerprint density at radius 3 is 1.65 bits per heavy atom. The van der Waals surface area contributed by atoms with Crippen molar-refractivity contribution in [3.63, 3.8) is 0 Å². The summed E-state index contributed by atoms with van der Waals surface area (Å²) in [6.07, 6.45) is 2.00. The zero-order chi connectivity index (χ0) is 13.1. The van der Waals surface area contributed by atoms with E-state index in [9.17, 15) is 0 Å². The van der Waals surface area contributed by atoms with Crippen molar-refractivity contribution in [3.05, 3.63) is 76.9 Å². The largest absolute Gasteiger partial charge is 0.364 e. The maximum Gasteiger partial charge on any atom is 0.364 e. The molecule has 0 saturated carbocycles. The highest BCUT2D eigenvalue weighted by Crippen LogP contribution is 2.44. The normalized spacial score (nSPS) is 13.6. The van der Waals surface area contributed by atoms with Crippen LogP contribution < -0.4 is 0 Å². The number of hydrogen-bond acceptors (Lipinski definition) is 0. The summed E-state index contributed by atoms with van der Waals surface area (Å²) in [6.45, 7) is 0. The summed E-state index contributed by atoms with van der Waals surface area (Å²) in [5.41, 5.74) is 7.94. The Kier molecular flexibility index (Phi) is 1.86. The Morgan fingerprint density at radius 2 is 1.10 bits per heavy atom. The molecule has 1 aromatic heterocycles. The fraction of sp³-hybridized carbons (Fsp3) is 0.105. The maximum absolute atomic E-state index is 6.32. The second-order valence-electron chi connectivity index (χ2n) is 5.62. The molecule has 3 aromatic rings. The van der Waals surface area contributed by atoms with Crippen molar-refractivity contribution in [1.29, 1.82) is 0 Å². The van der Waals surface area contributed by atoms with Gasteiger partial charge in [0, 0.05) is 12.8 Å². The monoisotopic (exact) mass is 257 g/mol. The predicted octanol–water partition coefficient (Wildman–Crippen LogP) is 4.70. The van der Waals surface area contributed by atoms with Gasteiger partial charge in [0.05, 0.1) is 22.3 Å². The summed E-state index contributed by atoms with van der Waals surface area (Å²) in [4.78, 5) is 0. The highest BCUT2D eigenvalue weighted by Gasteiger charge is 2.36. The van der Waals surface area contributed by atoms with Gasteiger partial charge in [0.1, 0.15) is 0 Å². The number of rotatable bonds is 0. The molecule has 0 aliphatic heterocycles. The van der Waals surface area contributed by atoms with Crippen molar-refractivity contribution in [1.82, 2.24) is 0 Å². The van der Waals surface area contributed by atoms with E-state index >= 15 is 0 Å². The molecule has 1 nitrogen and oxygen atoms in total. The van der Waals surface area contributed by atoms with Crippen LogP contribution in [0.25, 0.3) is 22.6 Å². The van der Waals surface area contributed by atoms with Crippen molar-refractivity contribution >= 4 is 0 Å². The molecule has 0 atom stereocenters. The molecule has 0 spiro atoms. The zero-order valence-electron chi connectivity index (χ0n) is 11.0. The van der Waals surface area contributed by atoms with Crippen LogP contribution in [0.4, 0.5) is 0 Å². The molecular weight excluding hydrogens is 244 g/mol. The smallest absolute Gasteiger partial charge is 0.206 e. The van der Waals surface area contributed by atoms with Crippen LogP contribution in [0, 0.1) is 0 Å². The van der Waals surface area contributed by atoms with Gasteiger partial charge in [-0.1, -0.05) is 36.4 Å². The van der Waals surface area contributed by atoms with Gasteiger partial charge in [0.15, 0.2) is 0 Å². The first-order valence-corrected chi connectivity index (χ1v) is 7.05. The predicted molar refractivity (Wildman–Crippen MR) is 79.6 cm³/mol. The minimum Gasteiger partial charge on any atom is -0.206 e. The van der Waals surface area contributed by atoms with Gasteiger partial charge in [-0.25, -0.2) is 4.42 Å². The quantitative estimate of drug-likeness (QED) is 0.366. The van der Waals surface area contributed by atoms with Crippen molar-refractivity contribution in [2.24, 2.45) is 0 Å². The molecule has 20 heavy (non-hydrogen) atoms. The summed E-state index contributed by atoms with van der Waals surface area (Å²) in [5, 5.41) is 0. The third-order valence-electron chi connectivity index (χ3n) is 4.42. The molecule has 0 radical (unpaired) electrons. The molecule has 2 aromatic carbocycles. The molecule has 2 aliphatic carbocycles. The summed E-state index contributed by atoms with van der Waals surface area (Å²) in [6, 6.07) is 19.5. The maximum atomic E-state index is 6.32. The Labute approximate surface area is 117 Å². The van der Waals surface area contributed by atoms with E-state index in [0.717, 1.165) is 24.4 Å². The molecule has 5 rings (SSSR count). The van der Waals surface area contributed by atoms with Crippen molar-refractivity contribution in [2.75, 3.05) is 0 Å². The van der Waals surface area contributed by atoms with Crippen molar-refractivity contribution in [2.45, 2.75) is 12.8 Å². The van der Waals surface area contributed by atoms with E-state index in [1.807, 2.05) is 0 Å². The Hall–Kier alpha value is -2.41. The Balaban J connectivity index is 1.79. The van der Waals surface area contributed by atoms with Gasteiger partial charge in [-0.2, -0.15) is 0 Å². The summed E-state index contributed by atoms with van der Waals surface area (Å²) in [5.74, 6) is 2.13. The van der Waals surface area contributed by atoms with Crippen molar-refractivity contribution < 1.29 is 4.42 Å². The van der Waals surface area contributed by atoms with Crippen LogP contribution in [0.5, 0.6) is 0 Å². The molecular formula is C19H13O+. The molecule has 0 fully saturated rings. The summed E-state index contributed by atoms with van der Waals surface area (Å²) < 4.78 is 6.32. The van der Waals surface area contributed by atoms with E-state index in [2.05, 4.69) is 54.6 Å². The van der Waals surface area contributed by atoms with E-state index < -0.39 is 0 Å². The average Bonchev–Trinajstić information content (AvgIpc) is 3.02. The second kappa shape index (κ2) is 3.57. The van der Waals surface area contributed by atoms with Gasteiger partial charge in [-0.3, -0.25) is 0 Å². The van der Waals surface area contributed by atoms with Gasteiger partial charge in [-0.05, 0) is 29.3 Å². The first-order chi connectivity index (χ1) is 9.90. The minimum absolute atomic E-state index is 0.999. The number of benzene rings is 2. The van der Waals surface area contributed by atoms with Crippen molar-refractivity contribution in [3.8, 4) is 22.6 Å². The van der Waals surface area contributed by atoms with Crippen LogP contribution in [0.3, 0.4) is 0 Å². The topological polar surface area (TPSA) is 11.3 Å². The van der Waals surface area contributed by atoms with Gasteiger partial charge in [-0.15, -0.1) is 0 Å². The highest BCUT2D eigenvalue weighted by molar-refractivity contribution is 5.78. The molecule has 0 bridgehead atoms. The number of fused-ring (bicyclic) bond motifs is 6. The van der Waals surface area contributed by atoms with E-state index in [-0.39, 0.29) is 0 Å². The molecule has 0 amide bonds. The lowest BCUT2D eigenvalue weighted by atomic mass is 10.1. The molecule has 0 saturated heterocycles. The molecule has 0 N–H and O–H groups in total. The lowest BCUT2D eigenvalue weighted by Gasteiger charge is -1.93. The second-order valence-corrected chi connectivity index (χ2v) is 5.62. The Morgan fingerprint density at radius 1 is 0.600 bits per heavy atom. The van der Waals surface area contributed by atoms with Crippen LogP contribution in [0.15, 0.2) is 59.0 Å². The molecule has 0 unspecified atom stereocenters.